The third-order valence-electron chi connectivity index (χ3n) is 3.36. The number of pyridine rings is 1. The smallest absolute Gasteiger partial charge is 0.434 e. The Bertz CT molecular complexity index is 754. The van der Waals surface area contributed by atoms with Gasteiger partial charge in [-0.15, -0.1) is 35.3 Å². The van der Waals surface area contributed by atoms with E-state index in [9.17, 15) is 13.2 Å². The number of halogens is 4. The van der Waals surface area contributed by atoms with Crippen LogP contribution in [-0.4, -0.2) is 35.6 Å². The number of guanidine groups is 1. The molecule has 11 heteroatoms. The highest BCUT2D eigenvalue weighted by molar-refractivity contribution is 14.0. The summed E-state index contributed by atoms with van der Waals surface area (Å²) >= 11 is 1.00. The molecule has 0 spiro atoms. The standard InChI is InChI=1S/C17H22F3N5OS.HI/c1-3-21-16(24-10-12-6-5-8-22-15(12)26-4-2)23-9-7-14-25-13(11-27-14)17(18,19)20;/h5-6,8,11H,3-4,7,9-10H2,1-2H3,(H2,21,23,24);1H. The lowest BCUT2D eigenvalue weighted by Gasteiger charge is -2.11. The molecule has 2 heterocycles. The Morgan fingerprint density at radius 3 is 2.71 bits per heavy atom. The van der Waals surface area contributed by atoms with Crippen LogP contribution in [0.25, 0.3) is 0 Å². The first-order valence-corrected chi connectivity index (χ1v) is 9.42. The van der Waals surface area contributed by atoms with E-state index in [0.717, 1.165) is 22.3 Å². The molecule has 2 rings (SSSR count). The van der Waals surface area contributed by atoms with Gasteiger partial charge in [0.2, 0.25) is 5.88 Å². The molecule has 6 nitrogen and oxygen atoms in total. The number of nitrogens with one attached hydrogen (secondary N) is 2. The molecule has 0 aromatic carbocycles. The summed E-state index contributed by atoms with van der Waals surface area (Å²) in [7, 11) is 0. The van der Waals surface area contributed by atoms with Crippen molar-refractivity contribution in [2.45, 2.75) is 33.0 Å². The van der Waals surface area contributed by atoms with E-state index >= 15 is 0 Å². The molecule has 28 heavy (non-hydrogen) atoms. The zero-order valence-corrected chi connectivity index (χ0v) is 18.7. The molecule has 2 N–H and O–H groups in total. The van der Waals surface area contributed by atoms with Crippen molar-refractivity contribution < 1.29 is 17.9 Å². The van der Waals surface area contributed by atoms with E-state index in [1.807, 2.05) is 26.0 Å². The lowest BCUT2D eigenvalue weighted by molar-refractivity contribution is -0.140. The number of nitrogens with zero attached hydrogens (tertiary/aromatic N) is 3. The Morgan fingerprint density at radius 1 is 1.29 bits per heavy atom. The molecule has 0 amide bonds. The van der Waals surface area contributed by atoms with Gasteiger partial charge in [-0.3, -0.25) is 0 Å². The van der Waals surface area contributed by atoms with Gasteiger partial charge in [-0.1, -0.05) is 6.07 Å². The molecule has 2 aromatic heterocycles. The maximum Gasteiger partial charge on any atom is 0.434 e. The number of thiazole rings is 1. The van der Waals surface area contributed by atoms with Gasteiger partial charge in [0.1, 0.15) is 0 Å². The third kappa shape index (κ3) is 7.78. The summed E-state index contributed by atoms with van der Waals surface area (Å²) in [6, 6.07) is 3.70. The fraction of sp³-hybridized carbons (Fsp3) is 0.471. The van der Waals surface area contributed by atoms with E-state index < -0.39 is 11.9 Å². The number of alkyl halides is 3. The highest BCUT2D eigenvalue weighted by atomic mass is 127. The molecule has 0 saturated heterocycles. The second-order valence-electron chi connectivity index (χ2n) is 5.40. The summed E-state index contributed by atoms with van der Waals surface area (Å²) in [4.78, 5) is 12.3. The van der Waals surface area contributed by atoms with Crippen molar-refractivity contribution in [1.29, 1.82) is 0 Å². The van der Waals surface area contributed by atoms with Crippen LogP contribution in [0.4, 0.5) is 13.2 Å². The van der Waals surface area contributed by atoms with Crippen LogP contribution in [-0.2, 0) is 19.1 Å². The van der Waals surface area contributed by atoms with Crippen LogP contribution in [0.15, 0.2) is 28.7 Å². The molecular formula is C17H23F3IN5OS. The number of aliphatic imine (C=N–C) groups is 1. The van der Waals surface area contributed by atoms with Crippen molar-refractivity contribution >= 4 is 41.3 Å². The topological polar surface area (TPSA) is 71.4 Å². The van der Waals surface area contributed by atoms with Crippen LogP contribution in [0.5, 0.6) is 5.88 Å². The molecule has 0 aliphatic carbocycles. The van der Waals surface area contributed by atoms with Crippen molar-refractivity contribution in [3.63, 3.8) is 0 Å². The van der Waals surface area contributed by atoms with E-state index in [1.165, 1.54) is 0 Å². The van der Waals surface area contributed by atoms with Crippen molar-refractivity contribution in [2.75, 3.05) is 19.7 Å². The van der Waals surface area contributed by atoms with Crippen LogP contribution in [0, 0.1) is 0 Å². The van der Waals surface area contributed by atoms with Gasteiger partial charge in [0.05, 0.1) is 18.2 Å². The largest absolute Gasteiger partial charge is 0.478 e. The molecule has 0 aliphatic heterocycles. The predicted molar refractivity (Wildman–Crippen MR) is 114 cm³/mol. The minimum absolute atomic E-state index is 0. The minimum Gasteiger partial charge on any atom is -0.478 e. The Balaban J connectivity index is 0.00000392. The van der Waals surface area contributed by atoms with E-state index in [1.54, 1.807) is 6.20 Å². The van der Waals surface area contributed by atoms with Crippen LogP contribution >= 0.6 is 35.3 Å². The summed E-state index contributed by atoms with van der Waals surface area (Å²) in [5.41, 5.74) is 0.00870. The Hall–Kier alpha value is -1.63. The summed E-state index contributed by atoms with van der Waals surface area (Å²) in [6.45, 7) is 5.78. The SMILES string of the molecule is CCNC(=NCc1cccnc1OCC)NCCc1nc(C(F)(F)F)cs1.I. The molecule has 0 aliphatic rings. The highest BCUT2D eigenvalue weighted by Crippen LogP contribution is 2.30. The summed E-state index contributed by atoms with van der Waals surface area (Å²) in [6.07, 6.45) is -2.37. The first-order chi connectivity index (χ1) is 12.9. The van der Waals surface area contributed by atoms with Crippen LogP contribution < -0.4 is 15.4 Å². The molecule has 0 saturated carbocycles. The van der Waals surface area contributed by atoms with Gasteiger partial charge in [0.15, 0.2) is 11.7 Å². The summed E-state index contributed by atoms with van der Waals surface area (Å²) in [5, 5.41) is 7.66. The van der Waals surface area contributed by atoms with Crippen LogP contribution in [0.1, 0.15) is 30.1 Å². The molecule has 2 aromatic rings. The van der Waals surface area contributed by atoms with Crippen LogP contribution in [0.2, 0.25) is 0 Å². The van der Waals surface area contributed by atoms with E-state index in [-0.39, 0.29) is 24.0 Å². The number of rotatable bonds is 8. The summed E-state index contributed by atoms with van der Waals surface area (Å²) < 4.78 is 43.2. The molecule has 0 unspecified atom stereocenters. The molecule has 0 radical (unpaired) electrons. The fourth-order valence-corrected chi connectivity index (χ4v) is 2.97. The third-order valence-corrected chi connectivity index (χ3v) is 4.26. The highest BCUT2D eigenvalue weighted by Gasteiger charge is 2.33. The van der Waals surface area contributed by atoms with E-state index in [0.29, 0.717) is 49.5 Å². The minimum atomic E-state index is -4.40. The monoisotopic (exact) mass is 529 g/mol. The normalized spacial score (nSPS) is 11.7. The lowest BCUT2D eigenvalue weighted by atomic mass is 10.3. The van der Waals surface area contributed by atoms with Crippen LogP contribution in [0.3, 0.4) is 0 Å². The van der Waals surface area contributed by atoms with E-state index in [2.05, 4.69) is 25.6 Å². The molecule has 156 valence electrons. The second kappa shape index (κ2) is 12.0. The quantitative estimate of drug-likeness (QED) is 0.309. The van der Waals surface area contributed by atoms with Gasteiger partial charge >= 0.3 is 6.18 Å². The van der Waals surface area contributed by atoms with Gasteiger partial charge in [-0.05, 0) is 19.9 Å². The zero-order valence-electron chi connectivity index (χ0n) is 15.5. The Labute approximate surface area is 183 Å². The average molecular weight is 529 g/mol. The molecule has 0 atom stereocenters. The Kier molecular flexibility index (Phi) is 10.5. The van der Waals surface area contributed by atoms with Crippen molar-refractivity contribution in [3.8, 4) is 5.88 Å². The van der Waals surface area contributed by atoms with Crippen molar-refractivity contribution in [3.05, 3.63) is 40.0 Å². The van der Waals surface area contributed by atoms with Gasteiger partial charge in [-0.25, -0.2) is 15.0 Å². The number of hydrogen-bond acceptors (Lipinski definition) is 5. The second-order valence-corrected chi connectivity index (χ2v) is 6.34. The first kappa shape index (κ1) is 24.4. The predicted octanol–water partition coefficient (Wildman–Crippen LogP) is 3.87. The maximum atomic E-state index is 12.6. The van der Waals surface area contributed by atoms with Gasteiger partial charge < -0.3 is 15.4 Å². The number of hydrogen-bond donors (Lipinski definition) is 2. The van der Waals surface area contributed by atoms with Gasteiger partial charge in [0, 0.05) is 36.7 Å². The summed E-state index contributed by atoms with van der Waals surface area (Å²) in [5.74, 6) is 1.11. The number of ether oxygens (including phenoxy) is 1. The fourth-order valence-electron chi connectivity index (χ4n) is 2.16. The average Bonchev–Trinajstić information content (AvgIpc) is 3.10. The zero-order chi connectivity index (χ0) is 19.7. The van der Waals surface area contributed by atoms with Gasteiger partial charge in [-0.2, -0.15) is 13.2 Å². The van der Waals surface area contributed by atoms with Gasteiger partial charge in [0.25, 0.3) is 0 Å². The number of aromatic nitrogens is 2. The molecule has 0 fully saturated rings. The van der Waals surface area contributed by atoms with Crippen molar-refractivity contribution in [2.24, 2.45) is 4.99 Å². The molecule has 0 bridgehead atoms. The van der Waals surface area contributed by atoms with E-state index in [4.69, 9.17) is 4.74 Å². The van der Waals surface area contributed by atoms with Crippen molar-refractivity contribution in [1.82, 2.24) is 20.6 Å². The molecular weight excluding hydrogens is 506 g/mol. The first-order valence-electron chi connectivity index (χ1n) is 8.54. The Morgan fingerprint density at radius 2 is 2.07 bits per heavy atom. The lowest BCUT2D eigenvalue weighted by Crippen LogP contribution is -2.38. The maximum absolute atomic E-state index is 12.6.